The van der Waals surface area contributed by atoms with E-state index in [2.05, 4.69) is 31.3 Å². The molecule has 2 aromatic carbocycles. The Kier molecular flexibility index (Phi) is 4.34. The van der Waals surface area contributed by atoms with Gasteiger partial charge in [-0.3, -0.25) is 0 Å². The van der Waals surface area contributed by atoms with Gasteiger partial charge in [-0.1, -0.05) is 22.0 Å². The van der Waals surface area contributed by atoms with E-state index in [-0.39, 0.29) is 13.2 Å². The number of nitrogens with one attached hydrogen (secondary N) is 1. The second-order valence-corrected chi connectivity index (χ2v) is 5.47. The summed E-state index contributed by atoms with van der Waals surface area (Å²) < 4.78 is 11.5. The Labute approximate surface area is 134 Å². The topological polar surface area (TPSA) is 77.1 Å². The number of nitrogens with zero attached hydrogens (tertiary/aromatic N) is 2. The lowest BCUT2D eigenvalue weighted by Gasteiger charge is -2.07. The maximum atomic E-state index is 11.7. The average molecular weight is 362 g/mol. The molecule has 0 bridgehead atoms. The third-order valence-electron chi connectivity index (χ3n) is 2.95. The van der Waals surface area contributed by atoms with Gasteiger partial charge in [0.1, 0.15) is 23.4 Å². The van der Waals surface area contributed by atoms with Crippen LogP contribution in [0.25, 0.3) is 11.0 Å². The minimum absolute atomic E-state index is 0.131. The fourth-order valence-electron chi connectivity index (χ4n) is 1.85. The summed E-state index contributed by atoms with van der Waals surface area (Å²) in [6.45, 7) is 0.0408. The molecule has 0 unspecified atom stereocenters. The zero-order chi connectivity index (χ0) is 15.4. The van der Waals surface area contributed by atoms with Crippen molar-refractivity contribution in [1.82, 2.24) is 15.4 Å². The van der Waals surface area contributed by atoms with E-state index in [9.17, 15) is 4.79 Å². The summed E-state index contributed by atoms with van der Waals surface area (Å²) in [6.07, 6.45) is 0. The summed E-state index contributed by atoms with van der Waals surface area (Å²) >= 11 is 3.33. The van der Waals surface area contributed by atoms with Gasteiger partial charge in [-0.15, -0.1) is 0 Å². The van der Waals surface area contributed by atoms with Crippen LogP contribution >= 0.6 is 15.9 Å². The van der Waals surface area contributed by atoms with Crippen LogP contribution in [0.2, 0.25) is 0 Å². The lowest BCUT2D eigenvalue weighted by Crippen LogP contribution is -2.14. The van der Waals surface area contributed by atoms with Gasteiger partial charge in [0.25, 0.3) is 0 Å². The van der Waals surface area contributed by atoms with Crippen LogP contribution in [0.4, 0.5) is 0 Å². The van der Waals surface area contributed by atoms with E-state index in [0.717, 1.165) is 21.1 Å². The van der Waals surface area contributed by atoms with Gasteiger partial charge in [-0.25, -0.2) is 4.79 Å². The average Bonchev–Trinajstić information content (AvgIpc) is 3.00. The lowest BCUT2D eigenvalue weighted by molar-refractivity contribution is -0.147. The summed E-state index contributed by atoms with van der Waals surface area (Å²) in [4.78, 5) is 11.7. The first-order valence-electron chi connectivity index (χ1n) is 6.54. The minimum atomic E-state index is -0.428. The van der Waals surface area contributed by atoms with Crippen molar-refractivity contribution in [1.29, 1.82) is 0 Å². The normalized spacial score (nSPS) is 10.6. The van der Waals surface area contributed by atoms with Crippen LogP contribution < -0.4 is 4.74 Å². The Hall–Kier alpha value is -2.41. The highest BCUT2D eigenvalue weighted by Gasteiger charge is 2.06. The molecule has 0 fully saturated rings. The van der Waals surface area contributed by atoms with E-state index in [1.165, 1.54) is 0 Å². The zero-order valence-corrected chi connectivity index (χ0v) is 13.0. The fourth-order valence-corrected chi connectivity index (χ4v) is 2.12. The number of esters is 1. The molecule has 0 aliphatic carbocycles. The molecule has 0 aliphatic rings. The van der Waals surface area contributed by atoms with Crippen molar-refractivity contribution >= 4 is 32.9 Å². The third-order valence-corrected chi connectivity index (χ3v) is 3.48. The zero-order valence-electron chi connectivity index (χ0n) is 11.5. The van der Waals surface area contributed by atoms with Crippen LogP contribution in [-0.4, -0.2) is 28.0 Å². The Morgan fingerprint density at radius 3 is 2.68 bits per heavy atom. The van der Waals surface area contributed by atoms with E-state index in [4.69, 9.17) is 9.47 Å². The lowest BCUT2D eigenvalue weighted by atomic mass is 10.2. The SMILES string of the molecule is O=C(COc1ccc(Br)cc1)OCc1ccc2n[nH]nc2c1. The van der Waals surface area contributed by atoms with Crippen molar-refractivity contribution in [3.8, 4) is 5.75 Å². The van der Waals surface area contributed by atoms with E-state index >= 15 is 0 Å². The van der Waals surface area contributed by atoms with E-state index in [0.29, 0.717) is 5.75 Å². The second kappa shape index (κ2) is 6.57. The molecule has 0 amide bonds. The standard InChI is InChI=1S/C15H12BrN3O3/c16-11-2-4-12(5-3-11)21-9-15(20)22-8-10-1-6-13-14(7-10)18-19-17-13/h1-7H,8-9H2,(H,17,18,19). The van der Waals surface area contributed by atoms with Crippen molar-refractivity contribution in [3.05, 3.63) is 52.5 Å². The number of fused-ring (bicyclic) bond motifs is 1. The number of hydrogen-bond donors (Lipinski definition) is 1. The number of carbonyl (C=O) groups is 1. The number of rotatable bonds is 5. The Morgan fingerprint density at radius 1 is 1.09 bits per heavy atom. The molecule has 22 heavy (non-hydrogen) atoms. The van der Waals surface area contributed by atoms with Gasteiger partial charge in [-0.2, -0.15) is 15.4 Å². The number of aromatic nitrogens is 3. The largest absolute Gasteiger partial charge is 0.482 e. The summed E-state index contributed by atoms with van der Waals surface area (Å²) in [5.41, 5.74) is 2.35. The molecule has 0 aliphatic heterocycles. The number of hydrogen-bond acceptors (Lipinski definition) is 5. The van der Waals surface area contributed by atoms with Crippen LogP contribution in [0.3, 0.4) is 0 Å². The van der Waals surface area contributed by atoms with Crippen molar-refractivity contribution in [2.75, 3.05) is 6.61 Å². The van der Waals surface area contributed by atoms with Gasteiger partial charge >= 0.3 is 5.97 Å². The molecule has 6 nitrogen and oxygen atoms in total. The molecule has 0 saturated carbocycles. The molecular weight excluding hydrogens is 350 g/mol. The highest BCUT2D eigenvalue weighted by Crippen LogP contribution is 2.16. The van der Waals surface area contributed by atoms with Crippen LogP contribution in [0, 0.1) is 0 Å². The highest BCUT2D eigenvalue weighted by molar-refractivity contribution is 9.10. The Balaban J connectivity index is 1.50. The van der Waals surface area contributed by atoms with Crippen LogP contribution in [0.5, 0.6) is 5.75 Å². The molecule has 3 rings (SSSR count). The molecule has 1 aromatic heterocycles. The van der Waals surface area contributed by atoms with Gasteiger partial charge in [0.05, 0.1) is 0 Å². The van der Waals surface area contributed by atoms with Gasteiger partial charge < -0.3 is 9.47 Å². The van der Waals surface area contributed by atoms with Gasteiger partial charge in [0.15, 0.2) is 6.61 Å². The molecule has 1 N–H and O–H groups in total. The third kappa shape index (κ3) is 3.62. The Bertz CT molecular complexity index is 786. The number of carbonyl (C=O) groups excluding carboxylic acids is 1. The fraction of sp³-hybridized carbons (Fsp3) is 0.133. The maximum absolute atomic E-state index is 11.7. The smallest absolute Gasteiger partial charge is 0.344 e. The predicted molar refractivity (Wildman–Crippen MR) is 83.3 cm³/mol. The van der Waals surface area contributed by atoms with Gasteiger partial charge in [0, 0.05) is 4.47 Å². The van der Waals surface area contributed by atoms with E-state index < -0.39 is 5.97 Å². The minimum Gasteiger partial charge on any atom is -0.482 e. The summed E-state index contributed by atoms with van der Waals surface area (Å²) in [5, 5.41) is 10.5. The highest BCUT2D eigenvalue weighted by atomic mass is 79.9. The molecule has 0 radical (unpaired) electrons. The number of ether oxygens (including phenoxy) is 2. The summed E-state index contributed by atoms with van der Waals surface area (Å²) in [7, 11) is 0. The first-order chi connectivity index (χ1) is 10.7. The Morgan fingerprint density at radius 2 is 1.86 bits per heavy atom. The maximum Gasteiger partial charge on any atom is 0.344 e. The van der Waals surface area contributed by atoms with Crippen molar-refractivity contribution < 1.29 is 14.3 Å². The molecule has 0 atom stereocenters. The monoisotopic (exact) mass is 361 g/mol. The number of H-pyrrole nitrogens is 1. The van der Waals surface area contributed by atoms with Gasteiger partial charge in [-0.05, 0) is 42.0 Å². The molecule has 7 heteroatoms. The predicted octanol–water partition coefficient (Wildman–Crippen LogP) is 2.84. The van der Waals surface area contributed by atoms with Gasteiger partial charge in [0.2, 0.25) is 0 Å². The van der Waals surface area contributed by atoms with Crippen molar-refractivity contribution in [2.24, 2.45) is 0 Å². The first kappa shape index (κ1) is 14.5. The van der Waals surface area contributed by atoms with E-state index in [1.807, 2.05) is 30.3 Å². The molecule has 0 spiro atoms. The molecule has 112 valence electrons. The van der Waals surface area contributed by atoms with Crippen molar-refractivity contribution in [3.63, 3.8) is 0 Å². The van der Waals surface area contributed by atoms with E-state index in [1.54, 1.807) is 12.1 Å². The number of benzene rings is 2. The summed E-state index contributed by atoms with van der Waals surface area (Å²) in [6, 6.07) is 12.7. The quantitative estimate of drug-likeness (QED) is 0.707. The van der Waals surface area contributed by atoms with Crippen LogP contribution in [-0.2, 0) is 16.1 Å². The van der Waals surface area contributed by atoms with Crippen LogP contribution in [0.15, 0.2) is 46.9 Å². The van der Waals surface area contributed by atoms with Crippen LogP contribution in [0.1, 0.15) is 5.56 Å². The number of halogens is 1. The number of aromatic amines is 1. The molecule has 0 saturated heterocycles. The molecular formula is C15H12BrN3O3. The first-order valence-corrected chi connectivity index (χ1v) is 7.33. The van der Waals surface area contributed by atoms with Crippen molar-refractivity contribution in [2.45, 2.75) is 6.61 Å². The molecule has 1 heterocycles. The molecule has 3 aromatic rings. The summed E-state index contributed by atoms with van der Waals surface area (Å²) in [5.74, 6) is 0.187. The second-order valence-electron chi connectivity index (χ2n) is 4.55.